The van der Waals surface area contributed by atoms with Crippen LogP contribution < -0.4 is 5.32 Å². The molecule has 1 heterocycles. The highest BCUT2D eigenvalue weighted by atomic mass is 16.6. The van der Waals surface area contributed by atoms with Gasteiger partial charge in [-0.05, 0) is 18.4 Å². The Kier molecular flexibility index (Phi) is 3.06. The fraction of sp³-hybridized carbons (Fsp3) is 0.364. The highest BCUT2D eigenvalue weighted by molar-refractivity contribution is 5.73. The SMILES string of the molecule is O=C(O)[C@H]1CC[C@H](c2ccc([N+](=O)[O-])cc2)N1. The molecule has 0 saturated carbocycles. The van der Waals surface area contributed by atoms with Gasteiger partial charge in [0.05, 0.1) is 4.92 Å². The molecule has 6 heteroatoms. The number of hydrogen-bond donors (Lipinski definition) is 2. The molecule has 90 valence electrons. The summed E-state index contributed by atoms with van der Waals surface area (Å²) >= 11 is 0. The van der Waals surface area contributed by atoms with Gasteiger partial charge < -0.3 is 5.11 Å². The zero-order chi connectivity index (χ0) is 12.4. The number of rotatable bonds is 3. The third-order valence-corrected chi connectivity index (χ3v) is 2.95. The van der Waals surface area contributed by atoms with E-state index in [1.165, 1.54) is 12.1 Å². The average Bonchev–Trinajstić information content (AvgIpc) is 2.78. The van der Waals surface area contributed by atoms with Gasteiger partial charge in [0.15, 0.2) is 0 Å². The van der Waals surface area contributed by atoms with Gasteiger partial charge in [0, 0.05) is 18.2 Å². The van der Waals surface area contributed by atoms with Crippen molar-refractivity contribution in [2.75, 3.05) is 0 Å². The van der Waals surface area contributed by atoms with Crippen molar-refractivity contribution < 1.29 is 14.8 Å². The van der Waals surface area contributed by atoms with Crippen LogP contribution in [0.4, 0.5) is 5.69 Å². The summed E-state index contributed by atoms with van der Waals surface area (Å²) in [5.41, 5.74) is 0.931. The van der Waals surface area contributed by atoms with E-state index in [0.717, 1.165) is 12.0 Å². The zero-order valence-electron chi connectivity index (χ0n) is 9.00. The molecule has 6 nitrogen and oxygen atoms in total. The molecule has 0 unspecified atom stereocenters. The van der Waals surface area contributed by atoms with E-state index >= 15 is 0 Å². The Morgan fingerprint density at radius 3 is 2.47 bits per heavy atom. The fourth-order valence-corrected chi connectivity index (χ4v) is 2.03. The third kappa shape index (κ3) is 2.42. The largest absolute Gasteiger partial charge is 0.480 e. The number of benzene rings is 1. The topological polar surface area (TPSA) is 92.5 Å². The predicted molar refractivity (Wildman–Crippen MR) is 59.6 cm³/mol. The molecule has 0 aromatic heterocycles. The van der Waals surface area contributed by atoms with Crippen LogP contribution in [0.3, 0.4) is 0 Å². The maximum atomic E-state index is 10.8. The first-order valence-corrected chi connectivity index (χ1v) is 5.31. The van der Waals surface area contributed by atoms with Crippen molar-refractivity contribution >= 4 is 11.7 Å². The molecule has 17 heavy (non-hydrogen) atoms. The molecular weight excluding hydrogens is 224 g/mol. The summed E-state index contributed by atoms with van der Waals surface area (Å²) in [5.74, 6) is -0.852. The first-order chi connectivity index (χ1) is 8.08. The molecule has 1 aromatic carbocycles. The molecule has 1 saturated heterocycles. The predicted octanol–water partition coefficient (Wildman–Crippen LogP) is 1.47. The second-order valence-corrected chi connectivity index (χ2v) is 4.04. The summed E-state index contributed by atoms with van der Waals surface area (Å²) < 4.78 is 0. The highest BCUT2D eigenvalue weighted by Crippen LogP contribution is 2.27. The van der Waals surface area contributed by atoms with Gasteiger partial charge in [-0.15, -0.1) is 0 Å². The molecule has 0 amide bonds. The van der Waals surface area contributed by atoms with Crippen LogP contribution in [0, 0.1) is 10.1 Å². The molecule has 1 fully saturated rings. The minimum atomic E-state index is -0.852. The summed E-state index contributed by atoms with van der Waals surface area (Å²) in [6.07, 6.45) is 1.31. The number of carboxylic acids is 1. The smallest absolute Gasteiger partial charge is 0.320 e. The van der Waals surface area contributed by atoms with E-state index in [9.17, 15) is 14.9 Å². The van der Waals surface area contributed by atoms with Crippen LogP contribution >= 0.6 is 0 Å². The molecule has 0 spiro atoms. The number of nitro benzene ring substituents is 1. The van der Waals surface area contributed by atoms with Gasteiger partial charge in [0.2, 0.25) is 0 Å². The van der Waals surface area contributed by atoms with Gasteiger partial charge in [-0.3, -0.25) is 20.2 Å². The summed E-state index contributed by atoms with van der Waals surface area (Å²) in [7, 11) is 0. The molecular formula is C11H12N2O4. The maximum Gasteiger partial charge on any atom is 0.320 e. The Morgan fingerprint density at radius 2 is 2.00 bits per heavy atom. The second-order valence-electron chi connectivity index (χ2n) is 4.04. The van der Waals surface area contributed by atoms with Crippen molar-refractivity contribution in [1.82, 2.24) is 5.32 Å². The number of non-ortho nitro benzene ring substituents is 1. The molecule has 1 aromatic rings. The minimum Gasteiger partial charge on any atom is -0.480 e. The van der Waals surface area contributed by atoms with Gasteiger partial charge in [-0.1, -0.05) is 12.1 Å². The van der Waals surface area contributed by atoms with Crippen molar-refractivity contribution in [1.29, 1.82) is 0 Å². The van der Waals surface area contributed by atoms with E-state index in [4.69, 9.17) is 5.11 Å². The summed E-state index contributed by atoms with van der Waals surface area (Å²) in [5, 5.41) is 22.3. The average molecular weight is 236 g/mol. The van der Waals surface area contributed by atoms with Gasteiger partial charge in [-0.25, -0.2) is 0 Å². The van der Waals surface area contributed by atoms with Gasteiger partial charge in [-0.2, -0.15) is 0 Å². The van der Waals surface area contributed by atoms with Crippen molar-refractivity contribution in [2.24, 2.45) is 0 Å². The quantitative estimate of drug-likeness (QED) is 0.612. The number of nitro groups is 1. The Morgan fingerprint density at radius 1 is 1.35 bits per heavy atom. The minimum absolute atomic E-state index is 0.0306. The van der Waals surface area contributed by atoms with E-state index in [1.807, 2.05) is 0 Å². The van der Waals surface area contributed by atoms with E-state index in [1.54, 1.807) is 12.1 Å². The van der Waals surface area contributed by atoms with Crippen molar-refractivity contribution in [2.45, 2.75) is 24.9 Å². The van der Waals surface area contributed by atoms with Crippen LogP contribution in [0.25, 0.3) is 0 Å². The molecule has 2 atom stereocenters. The lowest BCUT2D eigenvalue weighted by atomic mass is 10.1. The monoisotopic (exact) mass is 236 g/mol. The molecule has 0 bridgehead atoms. The van der Waals surface area contributed by atoms with Crippen molar-refractivity contribution in [3.63, 3.8) is 0 Å². The van der Waals surface area contributed by atoms with Crippen LogP contribution in [0.2, 0.25) is 0 Å². The van der Waals surface area contributed by atoms with Crippen LogP contribution in [0.15, 0.2) is 24.3 Å². The van der Waals surface area contributed by atoms with E-state index < -0.39 is 16.9 Å². The second kappa shape index (κ2) is 4.50. The molecule has 2 N–H and O–H groups in total. The first kappa shape index (κ1) is 11.5. The Bertz CT molecular complexity index is 443. The van der Waals surface area contributed by atoms with Crippen LogP contribution in [0.5, 0.6) is 0 Å². The van der Waals surface area contributed by atoms with E-state index in [2.05, 4.69) is 5.32 Å². The molecule has 2 rings (SSSR count). The summed E-state index contributed by atoms with van der Waals surface area (Å²) in [6.45, 7) is 0. The molecule has 0 radical (unpaired) electrons. The highest BCUT2D eigenvalue weighted by Gasteiger charge is 2.29. The number of carbonyl (C=O) groups is 1. The van der Waals surface area contributed by atoms with Gasteiger partial charge in [0.1, 0.15) is 6.04 Å². The molecule has 0 aliphatic carbocycles. The Balaban J connectivity index is 2.09. The maximum absolute atomic E-state index is 10.8. The lowest BCUT2D eigenvalue weighted by Crippen LogP contribution is -2.31. The Labute approximate surface area is 97.4 Å². The molecule has 1 aliphatic heterocycles. The fourth-order valence-electron chi connectivity index (χ4n) is 2.03. The van der Waals surface area contributed by atoms with Crippen LogP contribution in [0.1, 0.15) is 24.4 Å². The number of carboxylic acid groups (broad SMARTS) is 1. The molecule has 1 aliphatic rings. The van der Waals surface area contributed by atoms with E-state index in [0.29, 0.717) is 6.42 Å². The van der Waals surface area contributed by atoms with Crippen LogP contribution in [-0.2, 0) is 4.79 Å². The number of nitrogens with zero attached hydrogens (tertiary/aromatic N) is 1. The summed E-state index contributed by atoms with van der Waals surface area (Å²) in [4.78, 5) is 20.8. The number of nitrogens with one attached hydrogen (secondary N) is 1. The van der Waals surface area contributed by atoms with Crippen molar-refractivity contribution in [3.05, 3.63) is 39.9 Å². The van der Waals surface area contributed by atoms with Crippen molar-refractivity contribution in [3.8, 4) is 0 Å². The van der Waals surface area contributed by atoms with Gasteiger partial charge in [0.25, 0.3) is 5.69 Å². The van der Waals surface area contributed by atoms with Crippen LogP contribution in [-0.4, -0.2) is 22.0 Å². The zero-order valence-corrected chi connectivity index (χ0v) is 9.00. The summed E-state index contributed by atoms with van der Waals surface area (Å²) in [6, 6.07) is 5.66. The number of aliphatic carboxylic acids is 1. The lowest BCUT2D eigenvalue weighted by molar-refractivity contribution is -0.384. The number of hydrogen-bond acceptors (Lipinski definition) is 4. The standard InChI is InChI=1S/C11H12N2O4/c14-11(15)10-6-5-9(12-10)7-1-3-8(4-2-7)13(16)17/h1-4,9-10,12H,5-6H2,(H,14,15)/t9-,10-/m1/s1. The van der Waals surface area contributed by atoms with Gasteiger partial charge >= 0.3 is 5.97 Å². The third-order valence-electron chi connectivity index (χ3n) is 2.95. The normalized spacial score (nSPS) is 23.5. The first-order valence-electron chi connectivity index (χ1n) is 5.31. The van der Waals surface area contributed by atoms with E-state index in [-0.39, 0.29) is 11.7 Å². The Hall–Kier alpha value is -1.95. The lowest BCUT2D eigenvalue weighted by Gasteiger charge is -2.11.